The monoisotopic (exact) mass is 505 g/mol. The molecule has 1 atom stereocenters. The van der Waals surface area contributed by atoms with E-state index in [9.17, 15) is 14.7 Å². The van der Waals surface area contributed by atoms with Gasteiger partial charge in [0.1, 0.15) is 0 Å². The number of aryl methyl sites for hydroxylation is 2. The Morgan fingerprint density at radius 3 is 2.17 bits per heavy atom. The van der Waals surface area contributed by atoms with Crippen molar-refractivity contribution in [3.8, 4) is 22.5 Å². The van der Waals surface area contributed by atoms with Crippen molar-refractivity contribution in [3.05, 3.63) is 88.4 Å². The Bertz CT molecular complexity index is 1320. The van der Waals surface area contributed by atoms with E-state index >= 15 is 0 Å². The maximum absolute atomic E-state index is 12.8. The third kappa shape index (κ3) is 5.75. The molecule has 3 aromatic carbocycles. The molecule has 8 heteroatoms. The average molecular weight is 506 g/mol. The van der Waals surface area contributed by atoms with Crippen LogP contribution in [0.1, 0.15) is 28.4 Å². The summed E-state index contributed by atoms with van der Waals surface area (Å²) in [6.07, 6.45) is 0. The molecule has 3 N–H and O–H groups in total. The summed E-state index contributed by atoms with van der Waals surface area (Å²) in [6.45, 7) is 5.85. The first-order chi connectivity index (χ1) is 16.7. The fourth-order valence-corrected chi connectivity index (χ4v) is 4.49. The van der Waals surface area contributed by atoms with Crippen molar-refractivity contribution in [2.24, 2.45) is 0 Å². The number of nitrogens with one attached hydrogen (secondary N) is 2. The standard InChI is InChI=1S/C27H24ClN3O3S/c1-15-4-8-18(9-5-15)23-24(19-10-6-16(2)7-11-19)31-27(30-23)35-17(3)25(32)29-20-12-13-22(28)21(14-20)26(33)34/h4-14,17H,1-3H3,(H,29,32)(H,30,31)(H,33,34). The number of carbonyl (C=O) groups is 2. The van der Waals surface area contributed by atoms with Crippen LogP contribution >= 0.6 is 23.4 Å². The number of aromatic nitrogens is 2. The third-order valence-corrected chi connectivity index (χ3v) is 6.78. The minimum atomic E-state index is -1.16. The highest BCUT2D eigenvalue weighted by Gasteiger charge is 2.21. The van der Waals surface area contributed by atoms with Gasteiger partial charge in [0.05, 0.1) is 27.2 Å². The molecule has 0 saturated heterocycles. The predicted molar refractivity (Wildman–Crippen MR) is 141 cm³/mol. The van der Waals surface area contributed by atoms with Crippen LogP contribution in [-0.4, -0.2) is 32.2 Å². The van der Waals surface area contributed by atoms with Crippen LogP contribution in [0.4, 0.5) is 5.69 Å². The highest BCUT2D eigenvalue weighted by atomic mass is 35.5. The Morgan fingerprint density at radius 2 is 1.57 bits per heavy atom. The van der Waals surface area contributed by atoms with Crippen molar-refractivity contribution < 1.29 is 14.7 Å². The van der Waals surface area contributed by atoms with Gasteiger partial charge < -0.3 is 15.4 Å². The number of aromatic amines is 1. The zero-order valence-electron chi connectivity index (χ0n) is 19.4. The molecule has 1 unspecified atom stereocenters. The second-order valence-corrected chi connectivity index (χ2v) is 9.98. The van der Waals surface area contributed by atoms with Crippen molar-refractivity contribution in [1.82, 2.24) is 9.97 Å². The van der Waals surface area contributed by atoms with Crippen molar-refractivity contribution in [2.75, 3.05) is 5.32 Å². The first-order valence-corrected chi connectivity index (χ1v) is 12.2. The maximum Gasteiger partial charge on any atom is 0.337 e. The lowest BCUT2D eigenvalue weighted by molar-refractivity contribution is -0.115. The molecular formula is C27H24ClN3O3S. The quantitative estimate of drug-likeness (QED) is 0.239. The summed E-state index contributed by atoms with van der Waals surface area (Å²) in [5.41, 5.74) is 6.30. The van der Waals surface area contributed by atoms with Crippen LogP contribution in [0.3, 0.4) is 0 Å². The molecule has 4 rings (SSSR count). The van der Waals surface area contributed by atoms with Gasteiger partial charge in [0.15, 0.2) is 5.16 Å². The van der Waals surface area contributed by atoms with Gasteiger partial charge in [-0.05, 0) is 39.0 Å². The molecule has 178 valence electrons. The van der Waals surface area contributed by atoms with E-state index in [4.69, 9.17) is 16.6 Å². The summed E-state index contributed by atoms with van der Waals surface area (Å²) < 4.78 is 0. The Hall–Kier alpha value is -3.55. The number of amides is 1. The van der Waals surface area contributed by atoms with Crippen LogP contribution in [0, 0.1) is 13.8 Å². The summed E-state index contributed by atoms with van der Waals surface area (Å²) >= 11 is 7.22. The number of halogens is 1. The number of thioether (sulfide) groups is 1. The number of carboxylic acid groups (broad SMARTS) is 1. The molecule has 1 amide bonds. The van der Waals surface area contributed by atoms with Crippen molar-refractivity contribution in [3.63, 3.8) is 0 Å². The van der Waals surface area contributed by atoms with Crippen molar-refractivity contribution in [1.29, 1.82) is 0 Å². The first kappa shape index (κ1) is 24.6. The number of nitrogens with zero attached hydrogens (tertiary/aromatic N) is 1. The van der Waals surface area contributed by atoms with Gasteiger partial charge in [-0.2, -0.15) is 0 Å². The fraction of sp³-hybridized carbons (Fsp3) is 0.148. The Kier molecular flexibility index (Phi) is 7.28. The number of aromatic carboxylic acids is 1. The van der Waals surface area contributed by atoms with Crippen molar-refractivity contribution >= 4 is 40.9 Å². The van der Waals surface area contributed by atoms with E-state index in [1.54, 1.807) is 13.0 Å². The average Bonchev–Trinajstić information content (AvgIpc) is 3.24. The van der Waals surface area contributed by atoms with Crippen LogP contribution in [-0.2, 0) is 4.79 Å². The van der Waals surface area contributed by atoms with Gasteiger partial charge in [0.25, 0.3) is 0 Å². The molecule has 1 heterocycles. The van der Waals surface area contributed by atoms with Crippen LogP contribution in [0.2, 0.25) is 5.02 Å². The van der Waals surface area contributed by atoms with E-state index in [1.165, 1.54) is 29.5 Å². The molecule has 0 radical (unpaired) electrons. The Morgan fingerprint density at radius 1 is 0.971 bits per heavy atom. The number of carbonyl (C=O) groups excluding carboxylic acids is 1. The zero-order valence-corrected chi connectivity index (χ0v) is 21.0. The molecule has 35 heavy (non-hydrogen) atoms. The van der Waals surface area contributed by atoms with Gasteiger partial charge in [0, 0.05) is 16.8 Å². The summed E-state index contributed by atoms with van der Waals surface area (Å²) in [5, 5.41) is 12.2. The second-order valence-electron chi connectivity index (χ2n) is 8.25. The first-order valence-electron chi connectivity index (χ1n) is 11.0. The van der Waals surface area contributed by atoms with Crippen LogP contribution < -0.4 is 5.32 Å². The number of benzene rings is 3. The largest absolute Gasteiger partial charge is 0.478 e. The molecule has 0 aliphatic rings. The van der Waals surface area contributed by atoms with E-state index in [1.807, 2.05) is 50.2 Å². The SMILES string of the molecule is Cc1ccc(-c2nc(SC(C)C(=O)Nc3ccc(Cl)c(C(=O)O)c3)[nH]c2-c2ccc(C)cc2)cc1. The minimum Gasteiger partial charge on any atom is -0.478 e. The van der Waals surface area contributed by atoms with Gasteiger partial charge in [0.2, 0.25) is 5.91 Å². The summed E-state index contributed by atoms with van der Waals surface area (Å²) in [6, 6.07) is 20.7. The van der Waals surface area contributed by atoms with E-state index in [2.05, 4.69) is 22.4 Å². The minimum absolute atomic E-state index is 0.0683. The highest BCUT2D eigenvalue weighted by Crippen LogP contribution is 2.34. The van der Waals surface area contributed by atoms with Gasteiger partial charge >= 0.3 is 5.97 Å². The summed E-state index contributed by atoms with van der Waals surface area (Å²) in [5.74, 6) is -1.43. The van der Waals surface area contributed by atoms with Crippen LogP contribution in [0.15, 0.2) is 71.9 Å². The Labute approximate surface area is 212 Å². The highest BCUT2D eigenvalue weighted by molar-refractivity contribution is 8.00. The predicted octanol–water partition coefficient (Wildman–Crippen LogP) is 6.83. The number of imidazole rings is 1. The molecule has 0 aliphatic heterocycles. The summed E-state index contributed by atoms with van der Waals surface area (Å²) in [4.78, 5) is 32.4. The number of hydrogen-bond donors (Lipinski definition) is 3. The number of H-pyrrole nitrogens is 1. The second kappa shape index (κ2) is 10.4. The molecular weight excluding hydrogens is 482 g/mol. The molecule has 0 bridgehead atoms. The van der Waals surface area contributed by atoms with E-state index in [0.29, 0.717) is 10.8 Å². The lowest BCUT2D eigenvalue weighted by Gasteiger charge is -2.11. The normalized spacial score (nSPS) is 11.8. The molecule has 0 fully saturated rings. The van der Waals surface area contributed by atoms with E-state index in [-0.39, 0.29) is 16.5 Å². The summed E-state index contributed by atoms with van der Waals surface area (Å²) in [7, 11) is 0. The number of hydrogen-bond acceptors (Lipinski definition) is 4. The molecule has 0 aliphatic carbocycles. The zero-order chi connectivity index (χ0) is 25.1. The van der Waals surface area contributed by atoms with Gasteiger partial charge in [-0.1, -0.05) is 83.0 Å². The van der Waals surface area contributed by atoms with Gasteiger partial charge in [-0.3, -0.25) is 4.79 Å². The van der Waals surface area contributed by atoms with Crippen LogP contribution in [0.25, 0.3) is 22.5 Å². The van der Waals surface area contributed by atoms with Gasteiger partial charge in [-0.25, -0.2) is 9.78 Å². The third-order valence-electron chi connectivity index (χ3n) is 5.47. The topological polar surface area (TPSA) is 95.1 Å². The molecule has 0 spiro atoms. The smallest absolute Gasteiger partial charge is 0.337 e. The molecule has 0 saturated carbocycles. The van der Waals surface area contributed by atoms with E-state index in [0.717, 1.165) is 28.1 Å². The number of rotatable bonds is 7. The lowest BCUT2D eigenvalue weighted by Crippen LogP contribution is -2.22. The Balaban J connectivity index is 1.59. The lowest BCUT2D eigenvalue weighted by atomic mass is 10.0. The van der Waals surface area contributed by atoms with Crippen LogP contribution in [0.5, 0.6) is 0 Å². The van der Waals surface area contributed by atoms with Crippen molar-refractivity contribution in [2.45, 2.75) is 31.2 Å². The van der Waals surface area contributed by atoms with E-state index < -0.39 is 11.2 Å². The molecule has 4 aromatic rings. The maximum atomic E-state index is 12.8. The number of carboxylic acids is 1. The van der Waals surface area contributed by atoms with Gasteiger partial charge in [-0.15, -0.1) is 0 Å². The molecule has 6 nitrogen and oxygen atoms in total. The number of anilines is 1. The molecule has 1 aromatic heterocycles. The fourth-order valence-electron chi connectivity index (χ4n) is 3.49.